The van der Waals surface area contributed by atoms with E-state index >= 15 is 0 Å². The van der Waals surface area contributed by atoms with Crippen LogP contribution in [0.15, 0.2) is 4.99 Å². The average Bonchev–Trinajstić information content (AvgIpc) is 2.67. The normalized spacial score (nSPS) is 30.5. The van der Waals surface area contributed by atoms with Crippen molar-refractivity contribution in [3.8, 4) is 0 Å². The van der Waals surface area contributed by atoms with E-state index in [1.54, 1.807) is 0 Å². The molecule has 1 aliphatic heterocycles. The Morgan fingerprint density at radius 1 is 1.43 bits per heavy atom. The highest BCUT2D eigenvalue weighted by atomic mass is 15.4. The molecule has 0 aromatic heterocycles. The van der Waals surface area contributed by atoms with Crippen molar-refractivity contribution in [2.75, 3.05) is 20.6 Å². The second-order valence-electron chi connectivity index (χ2n) is 4.58. The summed E-state index contributed by atoms with van der Waals surface area (Å²) in [7, 11) is 4.20. The lowest BCUT2D eigenvalue weighted by atomic mass is 10.2. The molecule has 2 rings (SSSR count). The molecule has 14 heavy (non-hydrogen) atoms. The SMILES string of the molecule is CCCN1C(N(C)C)=N[C@@H]2CCC[C@@H]21. The van der Waals surface area contributed by atoms with Crippen LogP contribution in [-0.2, 0) is 0 Å². The first kappa shape index (κ1) is 9.81. The fourth-order valence-corrected chi connectivity index (χ4v) is 2.68. The maximum Gasteiger partial charge on any atom is 0.196 e. The van der Waals surface area contributed by atoms with Gasteiger partial charge in [-0.25, -0.2) is 4.99 Å². The maximum atomic E-state index is 4.82. The van der Waals surface area contributed by atoms with Gasteiger partial charge >= 0.3 is 0 Å². The number of hydrogen-bond acceptors (Lipinski definition) is 3. The summed E-state index contributed by atoms with van der Waals surface area (Å²) < 4.78 is 0. The summed E-state index contributed by atoms with van der Waals surface area (Å²) in [4.78, 5) is 9.49. The van der Waals surface area contributed by atoms with Crippen LogP contribution in [0, 0.1) is 0 Å². The Hall–Kier alpha value is -0.730. The first-order valence-corrected chi connectivity index (χ1v) is 5.75. The van der Waals surface area contributed by atoms with Gasteiger partial charge in [0.2, 0.25) is 0 Å². The van der Waals surface area contributed by atoms with Gasteiger partial charge in [0.1, 0.15) is 0 Å². The van der Waals surface area contributed by atoms with Gasteiger partial charge in [0.15, 0.2) is 5.96 Å². The van der Waals surface area contributed by atoms with Crippen molar-refractivity contribution in [3.63, 3.8) is 0 Å². The van der Waals surface area contributed by atoms with Crippen molar-refractivity contribution in [2.24, 2.45) is 4.99 Å². The third kappa shape index (κ3) is 1.49. The van der Waals surface area contributed by atoms with E-state index in [9.17, 15) is 0 Å². The number of guanidine groups is 1. The second-order valence-corrected chi connectivity index (χ2v) is 4.58. The first-order chi connectivity index (χ1) is 6.74. The summed E-state index contributed by atoms with van der Waals surface area (Å²) in [5.74, 6) is 1.21. The Labute approximate surface area is 86.8 Å². The third-order valence-electron chi connectivity index (χ3n) is 3.25. The molecule has 3 heteroatoms. The molecule has 0 amide bonds. The van der Waals surface area contributed by atoms with Crippen molar-refractivity contribution < 1.29 is 0 Å². The largest absolute Gasteiger partial charge is 0.349 e. The fraction of sp³-hybridized carbons (Fsp3) is 0.909. The van der Waals surface area contributed by atoms with Crippen molar-refractivity contribution in [1.82, 2.24) is 9.80 Å². The topological polar surface area (TPSA) is 18.8 Å². The van der Waals surface area contributed by atoms with Crippen LogP contribution < -0.4 is 0 Å². The highest BCUT2D eigenvalue weighted by Gasteiger charge is 2.39. The van der Waals surface area contributed by atoms with Crippen LogP contribution >= 0.6 is 0 Å². The van der Waals surface area contributed by atoms with Crippen LogP contribution in [-0.4, -0.2) is 48.5 Å². The molecule has 0 aromatic carbocycles. The molecule has 0 saturated heterocycles. The molecule has 1 heterocycles. The minimum Gasteiger partial charge on any atom is -0.349 e. The number of hydrogen-bond donors (Lipinski definition) is 0. The van der Waals surface area contributed by atoms with Gasteiger partial charge < -0.3 is 9.80 Å². The zero-order chi connectivity index (χ0) is 10.1. The Kier molecular flexibility index (Phi) is 2.66. The molecular weight excluding hydrogens is 174 g/mol. The summed E-state index contributed by atoms with van der Waals surface area (Å²) in [6.45, 7) is 3.41. The molecule has 1 aliphatic carbocycles. The maximum absolute atomic E-state index is 4.82. The number of nitrogens with zero attached hydrogens (tertiary/aromatic N) is 3. The molecule has 1 saturated carbocycles. The third-order valence-corrected chi connectivity index (χ3v) is 3.25. The van der Waals surface area contributed by atoms with Gasteiger partial charge in [-0.1, -0.05) is 6.92 Å². The monoisotopic (exact) mass is 195 g/mol. The predicted molar refractivity (Wildman–Crippen MR) is 59.5 cm³/mol. The molecule has 2 aliphatic rings. The zero-order valence-electron chi connectivity index (χ0n) is 9.53. The summed E-state index contributed by atoms with van der Waals surface area (Å²) >= 11 is 0. The Bertz CT molecular complexity index is 235. The molecule has 0 bridgehead atoms. The van der Waals surface area contributed by atoms with E-state index in [0.29, 0.717) is 12.1 Å². The molecule has 2 atom stereocenters. The molecule has 0 aromatic rings. The molecule has 0 radical (unpaired) electrons. The van der Waals surface area contributed by atoms with Crippen LogP contribution in [0.25, 0.3) is 0 Å². The van der Waals surface area contributed by atoms with E-state index in [-0.39, 0.29) is 0 Å². The van der Waals surface area contributed by atoms with Gasteiger partial charge in [-0.2, -0.15) is 0 Å². The number of aliphatic imine (C=N–C) groups is 1. The summed E-state index contributed by atoms with van der Waals surface area (Å²) in [5.41, 5.74) is 0. The summed E-state index contributed by atoms with van der Waals surface area (Å²) in [5, 5.41) is 0. The minimum atomic E-state index is 0.596. The highest BCUT2D eigenvalue weighted by molar-refractivity contribution is 5.82. The summed E-state index contributed by atoms with van der Waals surface area (Å²) in [6, 6.07) is 1.31. The predicted octanol–water partition coefficient (Wildman–Crippen LogP) is 1.55. The Balaban J connectivity index is 2.14. The van der Waals surface area contributed by atoms with E-state index < -0.39 is 0 Å². The van der Waals surface area contributed by atoms with Gasteiger partial charge in [0.25, 0.3) is 0 Å². The second kappa shape index (κ2) is 3.79. The minimum absolute atomic E-state index is 0.596. The zero-order valence-corrected chi connectivity index (χ0v) is 9.53. The van der Waals surface area contributed by atoms with E-state index in [2.05, 4.69) is 30.8 Å². The lowest BCUT2D eigenvalue weighted by Gasteiger charge is -2.29. The molecule has 0 spiro atoms. The molecular formula is C11H21N3. The molecule has 0 N–H and O–H groups in total. The van der Waals surface area contributed by atoms with Crippen molar-refractivity contribution >= 4 is 5.96 Å². The fourth-order valence-electron chi connectivity index (χ4n) is 2.68. The van der Waals surface area contributed by atoms with Crippen molar-refractivity contribution in [3.05, 3.63) is 0 Å². The number of rotatable bonds is 2. The molecule has 3 nitrogen and oxygen atoms in total. The van der Waals surface area contributed by atoms with Crippen molar-refractivity contribution in [1.29, 1.82) is 0 Å². The van der Waals surface area contributed by atoms with Gasteiger partial charge in [0.05, 0.1) is 12.1 Å². The van der Waals surface area contributed by atoms with Crippen molar-refractivity contribution in [2.45, 2.75) is 44.7 Å². The Morgan fingerprint density at radius 3 is 2.86 bits per heavy atom. The summed E-state index contributed by atoms with van der Waals surface area (Å²) in [6.07, 6.45) is 5.21. The number of fused-ring (bicyclic) bond motifs is 1. The smallest absolute Gasteiger partial charge is 0.196 e. The highest BCUT2D eigenvalue weighted by Crippen LogP contribution is 2.32. The first-order valence-electron chi connectivity index (χ1n) is 5.75. The van der Waals surface area contributed by atoms with Gasteiger partial charge in [-0.3, -0.25) is 0 Å². The van der Waals surface area contributed by atoms with Gasteiger partial charge in [-0.05, 0) is 25.7 Å². The van der Waals surface area contributed by atoms with Crippen LogP contribution in [0.5, 0.6) is 0 Å². The average molecular weight is 195 g/mol. The molecule has 80 valence electrons. The van der Waals surface area contributed by atoms with Crippen LogP contribution in [0.4, 0.5) is 0 Å². The lowest BCUT2D eigenvalue weighted by molar-refractivity contribution is 0.300. The lowest BCUT2D eigenvalue weighted by Crippen LogP contribution is -2.43. The van der Waals surface area contributed by atoms with Gasteiger partial charge in [-0.15, -0.1) is 0 Å². The molecule has 0 unspecified atom stereocenters. The van der Waals surface area contributed by atoms with Gasteiger partial charge in [0, 0.05) is 20.6 Å². The standard InChI is InChI=1S/C11H21N3/c1-4-8-14-10-7-5-6-9(10)12-11(14)13(2)3/h9-10H,4-8H2,1-3H3/t9-,10+/m1/s1. The van der Waals surface area contributed by atoms with E-state index in [1.807, 2.05) is 0 Å². The van der Waals surface area contributed by atoms with E-state index in [1.165, 1.54) is 31.6 Å². The van der Waals surface area contributed by atoms with Crippen LogP contribution in [0.2, 0.25) is 0 Å². The molecule has 1 fully saturated rings. The Morgan fingerprint density at radius 2 is 2.21 bits per heavy atom. The van der Waals surface area contributed by atoms with Crippen LogP contribution in [0.1, 0.15) is 32.6 Å². The van der Waals surface area contributed by atoms with E-state index in [0.717, 1.165) is 6.54 Å². The quantitative estimate of drug-likeness (QED) is 0.666. The van der Waals surface area contributed by atoms with E-state index in [4.69, 9.17) is 4.99 Å². The van der Waals surface area contributed by atoms with Crippen LogP contribution in [0.3, 0.4) is 0 Å².